The highest BCUT2D eigenvalue weighted by Crippen LogP contribution is 2.47. The maximum Gasteiger partial charge on any atom is 0.111 e. The van der Waals surface area contributed by atoms with Gasteiger partial charge in [0.1, 0.15) is 6.10 Å². The third kappa shape index (κ3) is 2.49. The van der Waals surface area contributed by atoms with Crippen LogP contribution in [0.1, 0.15) is 44.9 Å². The molecule has 1 aliphatic rings. The number of aryl methyl sites for hydroxylation is 1. The molecule has 17 heavy (non-hydrogen) atoms. The summed E-state index contributed by atoms with van der Waals surface area (Å²) < 4.78 is 1.73. The van der Waals surface area contributed by atoms with Gasteiger partial charge in [-0.05, 0) is 31.9 Å². The van der Waals surface area contributed by atoms with E-state index >= 15 is 0 Å². The SMILES string of the molecule is CCCn1ncc(Cl)c1C(O)C1(C)CCCS1. The smallest absolute Gasteiger partial charge is 0.111 e. The molecule has 1 aliphatic heterocycles. The Hall–Kier alpha value is -0.190. The minimum atomic E-state index is -0.531. The van der Waals surface area contributed by atoms with Crippen LogP contribution in [0.3, 0.4) is 0 Å². The number of hydrogen-bond acceptors (Lipinski definition) is 3. The molecular formula is C12H19ClN2OS. The molecule has 0 aliphatic carbocycles. The van der Waals surface area contributed by atoms with E-state index in [2.05, 4.69) is 18.9 Å². The van der Waals surface area contributed by atoms with E-state index in [1.165, 1.54) is 0 Å². The second kappa shape index (κ2) is 5.21. The Kier molecular flexibility index (Phi) is 4.06. The van der Waals surface area contributed by atoms with Crippen LogP contribution in [0, 0.1) is 0 Å². The van der Waals surface area contributed by atoms with Crippen molar-refractivity contribution in [1.82, 2.24) is 9.78 Å². The highest BCUT2D eigenvalue weighted by Gasteiger charge is 2.40. The molecule has 2 rings (SSSR count). The van der Waals surface area contributed by atoms with Crippen LogP contribution in [0.15, 0.2) is 6.20 Å². The summed E-state index contributed by atoms with van der Waals surface area (Å²) in [7, 11) is 0. The Bertz CT molecular complexity index is 388. The molecule has 1 N–H and O–H groups in total. The maximum atomic E-state index is 10.6. The van der Waals surface area contributed by atoms with Crippen molar-refractivity contribution < 1.29 is 5.11 Å². The average molecular weight is 275 g/mol. The van der Waals surface area contributed by atoms with Gasteiger partial charge in [-0.1, -0.05) is 18.5 Å². The zero-order valence-corrected chi connectivity index (χ0v) is 11.9. The molecule has 0 aromatic carbocycles. The number of nitrogens with zero attached hydrogens (tertiary/aromatic N) is 2. The monoisotopic (exact) mass is 274 g/mol. The van der Waals surface area contributed by atoms with E-state index in [0.29, 0.717) is 5.02 Å². The minimum absolute atomic E-state index is 0.116. The molecule has 1 aromatic rings. The van der Waals surface area contributed by atoms with E-state index in [0.717, 1.165) is 37.3 Å². The van der Waals surface area contributed by atoms with Crippen molar-refractivity contribution >= 4 is 23.4 Å². The largest absolute Gasteiger partial charge is 0.385 e. The van der Waals surface area contributed by atoms with Gasteiger partial charge in [0.25, 0.3) is 0 Å². The molecule has 2 atom stereocenters. The molecule has 96 valence electrons. The standard InChI is InChI=1S/C12H19ClN2OS/c1-3-6-15-10(9(13)8-14-15)11(16)12(2)5-4-7-17-12/h8,11,16H,3-7H2,1-2H3. The van der Waals surface area contributed by atoms with Crippen molar-refractivity contribution in [2.24, 2.45) is 0 Å². The maximum absolute atomic E-state index is 10.6. The fourth-order valence-electron chi connectivity index (χ4n) is 2.34. The summed E-state index contributed by atoms with van der Waals surface area (Å²) in [5.41, 5.74) is 0.783. The van der Waals surface area contributed by atoms with Crippen LogP contribution in [0.2, 0.25) is 5.02 Å². The van der Waals surface area contributed by atoms with Crippen LogP contribution in [0.4, 0.5) is 0 Å². The lowest BCUT2D eigenvalue weighted by atomic mass is 9.96. The van der Waals surface area contributed by atoms with Crippen molar-refractivity contribution in [1.29, 1.82) is 0 Å². The van der Waals surface area contributed by atoms with Crippen molar-refractivity contribution in [3.63, 3.8) is 0 Å². The normalized spacial score (nSPS) is 26.4. The van der Waals surface area contributed by atoms with E-state index in [1.54, 1.807) is 6.20 Å². The Morgan fingerprint density at radius 1 is 1.71 bits per heavy atom. The van der Waals surface area contributed by atoms with Crippen LogP contribution in [-0.2, 0) is 6.54 Å². The predicted octanol–water partition coefficient (Wildman–Crippen LogP) is 3.27. The lowest BCUT2D eigenvalue weighted by molar-refractivity contribution is 0.125. The summed E-state index contributed by atoms with van der Waals surface area (Å²) in [6.45, 7) is 5.02. The van der Waals surface area contributed by atoms with Gasteiger partial charge in [0.05, 0.1) is 16.9 Å². The Balaban J connectivity index is 2.29. The molecule has 0 saturated carbocycles. The molecule has 3 nitrogen and oxygen atoms in total. The lowest BCUT2D eigenvalue weighted by Gasteiger charge is -2.29. The number of halogens is 1. The summed E-state index contributed by atoms with van der Waals surface area (Å²) in [6, 6.07) is 0. The first-order valence-corrected chi connectivity index (χ1v) is 7.48. The minimum Gasteiger partial charge on any atom is -0.385 e. The third-order valence-electron chi connectivity index (χ3n) is 3.36. The number of hydrogen-bond donors (Lipinski definition) is 1. The first-order valence-electron chi connectivity index (χ1n) is 6.11. The molecule has 1 fully saturated rings. The molecular weight excluding hydrogens is 256 g/mol. The molecule has 0 radical (unpaired) electrons. The van der Waals surface area contributed by atoms with Gasteiger partial charge in [-0.2, -0.15) is 16.9 Å². The van der Waals surface area contributed by atoms with Gasteiger partial charge in [-0.15, -0.1) is 0 Å². The second-order valence-corrected chi connectivity index (χ2v) is 6.80. The first kappa shape index (κ1) is 13.2. The van der Waals surface area contributed by atoms with E-state index in [9.17, 15) is 5.11 Å². The van der Waals surface area contributed by atoms with Gasteiger partial charge in [0, 0.05) is 11.3 Å². The van der Waals surface area contributed by atoms with Crippen LogP contribution >= 0.6 is 23.4 Å². The summed E-state index contributed by atoms with van der Waals surface area (Å²) in [5.74, 6) is 1.12. The molecule has 0 spiro atoms. The van der Waals surface area contributed by atoms with Crippen molar-refractivity contribution in [2.45, 2.75) is 50.5 Å². The highest BCUT2D eigenvalue weighted by molar-refractivity contribution is 8.00. The van der Waals surface area contributed by atoms with E-state index < -0.39 is 6.10 Å². The number of aromatic nitrogens is 2. The number of aliphatic hydroxyl groups excluding tert-OH is 1. The van der Waals surface area contributed by atoms with Gasteiger partial charge < -0.3 is 5.11 Å². The van der Waals surface area contributed by atoms with Crippen molar-refractivity contribution in [3.8, 4) is 0 Å². The van der Waals surface area contributed by atoms with E-state index in [-0.39, 0.29) is 4.75 Å². The van der Waals surface area contributed by atoms with Gasteiger partial charge in [-0.25, -0.2) is 0 Å². The molecule has 2 unspecified atom stereocenters. The summed E-state index contributed by atoms with van der Waals surface area (Å²) >= 11 is 8.00. The van der Waals surface area contributed by atoms with Crippen LogP contribution in [0.5, 0.6) is 0 Å². The quantitative estimate of drug-likeness (QED) is 0.916. The van der Waals surface area contributed by atoms with Gasteiger partial charge in [0.2, 0.25) is 0 Å². The molecule has 0 amide bonds. The molecule has 5 heteroatoms. The molecule has 1 aromatic heterocycles. The summed E-state index contributed by atoms with van der Waals surface area (Å²) in [5, 5.41) is 15.4. The van der Waals surface area contributed by atoms with E-state index in [1.807, 2.05) is 16.4 Å². The van der Waals surface area contributed by atoms with Crippen molar-refractivity contribution in [3.05, 3.63) is 16.9 Å². The van der Waals surface area contributed by atoms with Gasteiger partial charge in [-0.3, -0.25) is 4.68 Å². The summed E-state index contributed by atoms with van der Waals surface area (Å²) in [4.78, 5) is 0. The number of thioether (sulfide) groups is 1. The summed E-state index contributed by atoms with van der Waals surface area (Å²) in [6.07, 6.45) is 4.29. The van der Waals surface area contributed by atoms with E-state index in [4.69, 9.17) is 11.6 Å². The van der Waals surface area contributed by atoms with Crippen LogP contribution < -0.4 is 0 Å². The zero-order chi connectivity index (χ0) is 12.5. The van der Waals surface area contributed by atoms with Crippen LogP contribution in [-0.4, -0.2) is 25.4 Å². The average Bonchev–Trinajstić information content (AvgIpc) is 2.87. The van der Waals surface area contributed by atoms with Crippen LogP contribution in [0.25, 0.3) is 0 Å². The zero-order valence-electron chi connectivity index (χ0n) is 10.3. The first-order chi connectivity index (χ1) is 8.08. The fourth-order valence-corrected chi connectivity index (χ4v) is 3.90. The fraction of sp³-hybridized carbons (Fsp3) is 0.750. The van der Waals surface area contributed by atoms with Gasteiger partial charge in [0.15, 0.2) is 0 Å². The third-order valence-corrected chi connectivity index (χ3v) is 5.23. The topological polar surface area (TPSA) is 38.0 Å². The Morgan fingerprint density at radius 3 is 3.06 bits per heavy atom. The Morgan fingerprint density at radius 2 is 2.47 bits per heavy atom. The predicted molar refractivity (Wildman–Crippen MR) is 72.6 cm³/mol. The second-order valence-electron chi connectivity index (χ2n) is 4.77. The molecule has 0 bridgehead atoms. The lowest BCUT2D eigenvalue weighted by Crippen LogP contribution is -2.28. The highest BCUT2D eigenvalue weighted by atomic mass is 35.5. The Labute approximate surface area is 112 Å². The molecule has 2 heterocycles. The van der Waals surface area contributed by atoms with Crippen molar-refractivity contribution in [2.75, 3.05) is 5.75 Å². The molecule has 1 saturated heterocycles. The van der Waals surface area contributed by atoms with Gasteiger partial charge >= 0.3 is 0 Å². The number of aliphatic hydroxyl groups is 1. The number of rotatable bonds is 4.